The number of nitrogens with one attached hydrogen (secondary N) is 1. The molecule has 1 aliphatic carbocycles. The van der Waals surface area contributed by atoms with Gasteiger partial charge in [0.15, 0.2) is 11.5 Å². The van der Waals surface area contributed by atoms with Crippen LogP contribution in [0.3, 0.4) is 0 Å². The molecule has 1 fully saturated rings. The van der Waals surface area contributed by atoms with Gasteiger partial charge < -0.3 is 23.9 Å². The van der Waals surface area contributed by atoms with Gasteiger partial charge in [-0.05, 0) is 73.9 Å². The Morgan fingerprint density at radius 1 is 1.17 bits per heavy atom. The average molecular weight is 409 g/mol. The minimum Gasteiger partial charge on any atom is -0.485 e. The number of fused-ring (bicyclic) bond motifs is 3. The second kappa shape index (κ2) is 7.84. The van der Waals surface area contributed by atoms with E-state index in [1.165, 1.54) is 11.1 Å². The summed E-state index contributed by atoms with van der Waals surface area (Å²) in [7, 11) is 0. The first-order valence-electron chi connectivity index (χ1n) is 10.7. The summed E-state index contributed by atoms with van der Waals surface area (Å²) in [4.78, 5) is 12.1. The molecule has 6 nitrogen and oxygen atoms in total. The summed E-state index contributed by atoms with van der Waals surface area (Å²) in [5.74, 6) is 4.01. The molecule has 0 amide bonds. The lowest BCUT2D eigenvalue weighted by Gasteiger charge is -2.37. The van der Waals surface area contributed by atoms with E-state index in [4.69, 9.17) is 18.6 Å². The van der Waals surface area contributed by atoms with E-state index in [9.17, 15) is 4.79 Å². The number of hydrogen-bond acceptors (Lipinski definition) is 6. The van der Waals surface area contributed by atoms with Gasteiger partial charge in [0, 0.05) is 12.6 Å². The Labute approximate surface area is 175 Å². The Morgan fingerprint density at radius 3 is 2.93 bits per heavy atom. The molecule has 3 atom stereocenters. The van der Waals surface area contributed by atoms with Crippen LogP contribution < -0.4 is 25.2 Å². The smallest absolute Gasteiger partial charge is 0.346 e. The number of aryl methyl sites for hydroxylation is 1. The van der Waals surface area contributed by atoms with Gasteiger partial charge in [0.1, 0.15) is 23.2 Å². The fraction of sp³-hybridized carbons (Fsp3) is 0.458. The van der Waals surface area contributed by atoms with Gasteiger partial charge in [-0.2, -0.15) is 0 Å². The third kappa shape index (κ3) is 3.72. The molecule has 1 N–H and O–H groups in total. The minimum absolute atomic E-state index is 0.0637. The van der Waals surface area contributed by atoms with Crippen LogP contribution in [0.2, 0.25) is 0 Å². The zero-order valence-corrected chi connectivity index (χ0v) is 17.4. The summed E-state index contributed by atoms with van der Waals surface area (Å²) in [6.07, 6.45) is 5.12. The number of ether oxygens (including phenoxy) is 3. The highest BCUT2D eigenvalue weighted by atomic mass is 16.7. The summed E-state index contributed by atoms with van der Waals surface area (Å²) in [5.41, 5.74) is 2.67. The van der Waals surface area contributed by atoms with Crippen LogP contribution in [0.4, 0.5) is 0 Å². The van der Waals surface area contributed by atoms with Crippen molar-refractivity contribution in [3.63, 3.8) is 0 Å². The molecule has 2 aromatic rings. The van der Waals surface area contributed by atoms with E-state index < -0.39 is 0 Å². The minimum atomic E-state index is -0.306. The van der Waals surface area contributed by atoms with Crippen LogP contribution in [-0.2, 0) is 6.54 Å². The van der Waals surface area contributed by atoms with Crippen molar-refractivity contribution in [3.05, 3.63) is 57.1 Å². The van der Waals surface area contributed by atoms with E-state index in [0.717, 1.165) is 43.9 Å². The molecule has 1 aromatic carbocycles. The van der Waals surface area contributed by atoms with Gasteiger partial charge in [0.25, 0.3) is 0 Å². The van der Waals surface area contributed by atoms with Gasteiger partial charge in [-0.25, -0.2) is 4.79 Å². The second-order valence-electron chi connectivity index (χ2n) is 8.58. The molecule has 0 saturated heterocycles. The molecule has 6 heteroatoms. The summed E-state index contributed by atoms with van der Waals surface area (Å²) in [5, 5.41) is 3.59. The molecule has 1 unspecified atom stereocenters. The summed E-state index contributed by atoms with van der Waals surface area (Å²) >= 11 is 0. The molecule has 0 bridgehead atoms. The SMILES string of the molecule is Cc1cc2c(c(=O)o1)C=C1CC[C@H](C(C)CNCc3ccc4c(c3)OCO4)C[C@@H]1O2. The van der Waals surface area contributed by atoms with Gasteiger partial charge >= 0.3 is 5.63 Å². The molecule has 0 radical (unpaired) electrons. The van der Waals surface area contributed by atoms with Crippen LogP contribution in [0.25, 0.3) is 6.08 Å². The van der Waals surface area contributed by atoms with Crippen molar-refractivity contribution >= 4 is 6.08 Å². The maximum absolute atomic E-state index is 12.1. The number of rotatable bonds is 5. The number of hydrogen-bond donors (Lipinski definition) is 1. The largest absolute Gasteiger partial charge is 0.485 e. The Morgan fingerprint density at radius 2 is 2.03 bits per heavy atom. The van der Waals surface area contributed by atoms with Gasteiger partial charge in [-0.3, -0.25) is 0 Å². The molecule has 1 aromatic heterocycles. The van der Waals surface area contributed by atoms with Gasteiger partial charge in [-0.15, -0.1) is 0 Å². The lowest BCUT2D eigenvalue weighted by Crippen LogP contribution is -2.36. The van der Waals surface area contributed by atoms with E-state index in [1.54, 1.807) is 6.92 Å². The molecule has 5 rings (SSSR count). The molecule has 0 spiro atoms. The summed E-state index contributed by atoms with van der Waals surface area (Å²) < 4.78 is 22.3. The Kier molecular flexibility index (Phi) is 5.03. The van der Waals surface area contributed by atoms with Gasteiger partial charge in [0.05, 0.1) is 0 Å². The first kappa shape index (κ1) is 19.2. The van der Waals surface area contributed by atoms with E-state index in [0.29, 0.717) is 35.7 Å². The molecule has 3 heterocycles. The molecule has 1 saturated carbocycles. The fourth-order valence-corrected chi connectivity index (χ4v) is 4.68. The molecule has 3 aliphatic rings. The summed E-state index contributed by atoms with van der Waals surface area (Å²) in [6.45, 7) is 6.15. The van der Waals surface area contributed by atoms with Crippen molar-refractivity contribution in [2.45, 2.75) is 45.8 Å². The number of benzene rings is 1. The quantitative estimate of drug-likeness (QED) is 0.804. The average Bonchev–Trinajstić information content (AvgIpc) is 3.20. The van der Waals surface area contributed by atoms with Crippen molar-refractivity contribution in [1.82, 2.24) is 5.32 Å². The Bertz CT molecular complexity index is 1040. The zero-order chi connectivity index (χ0) is 20.7. The van der Waals surface area contributed by atoms with Crippen molar-refractivity contribution in [1.29, 1.82) is 0 Å². The third-order valence-electron chi connectivity index (χ3n) is 6.44. The van der Waals surface area contributed by atoms with Crippen molar-refractivity contribution in [2.24, 2.45) is 11.8 Å². The van der Waals surface area contributed by atoms with Crippen LogP contribution in [0, 0.1) is 18.8 Å². The highest BCUT2D eigenvalue weighted by Gasteiger charge is 2.33. The topological polar surface area (TPSA) is 69.9 Å². The fourth-order valence-electron chi connectivity index (χ4n) is 4.68. The Hall–Kier alpha value is -2.73. The lowest BCUT2D eigenvalue weighted by atomic mass is 9.76. The van der Waals surface area contributed by atoms with Crippen LogP contribution in [-0.4, -0.2) is 19.4 Å². The Balaban J connectivity index is 1.17. The predicted molar refractivity (Wildman–Crippen MR) is 113 cm³/mol. The standard InChI is InChI=1S/C24H27NO5/c1-14(11-25-12-16-3-6-20-23(8-16)28-13-27-20)17-4-5-18-9-19-22(30-21(18)10-17)7-15(2)29-24(19)26/h3,6-9,14,17,21,25H,4-5,10-13H2,1-2H3/t14?,17-,21-/m0/s1. The van der Waals surface area contributed by atoms with Crippen molar-refractivity contribution in [3.8, 4) is 17.2 Å². The van der Waals surface area contributed by atoms with Gasteiger partial charge in [0.2, 0.25) is 6.79 Å². The van der Waals surface area contributed by atoms with Crippen LogP contribution in [0.15, 0.2) is 39.1 Å². The predicted octanol–water partition coefficient (Wildman–Crippen LogP) is 4.05. The van der Waals surface area contributed by atoms with Crippen LogP contribution >= 0.6 is 0 Å². The van der Waals surface area contributed by atoms with Crippen molar-refractivity contribution in [2.75, 3.05) is 13.3 Å². The highest BCUT2D eigenvalue weighted by Crippen LogP contribution is 2.40. The van der Waals surface area contributed by atoms with E-state index >= 15 is 0 Å². The monoisotopic (exact) mass is 409 g/mol. The third-order valence-corrected chi connectivity index (χ3v) is 6.44. The van der Waals surface area contributed by atoms with Crippen LogP contribution in [0.5, 0.6) is 17.2 Å². The second-order valence-corrected chi connectivity index (χ2v) is 8.58. The molecule has 2 aliphatic heterocycles. The van der Waals surface area contributed by atoms with E-state index in [1.807, 2.05) is 24.3 Å². The van der Waals surface area contributed by atoms with Gasteiger partial charge in [-0.1, -0.05) is 13.0 Å². The maximum Gasteiger partial charge on any atom is 0.346 e. The molecular formula is C24H27NO5. The van der Waals surface area contributed by atoms with Crippen LogP contribution in [0.1, 0.15) is 43.1 Å². The van der Waals surface area contributed by atoms with E-state index in [-0.39, 0.29) is 11.7 Å². The zero-order valence-electron chi connectivity index (χ0n) is 17.4. The first-order valence-corrected chi connectivity index (χ1v) is 10.7. The summed E-state index contributed by atoms with van der Waals surface area (Å²) in [6, 6.07) is 7.92. The first-order chi connectivity index (χ1) is 14.6. The van der Waals surface area contributed by atoms with E-state index in [2.05, 4.69) is 18.3 Å². The highest BCUT2D eigenvalue weighted by molar-refractivity contribution is 5.62. The molecule has 158 valence electrons. The maximum atomic E-state index is 12.1. The molecule has 30 heavy (non-hydrogen) atoms. The van der Waals surface area contributed by atoms with Crippen molar-refractivity contribution < 1.29 is 18.6 Å². The molecular weight excluding hydrogens is 382 g/mol. The lowest BCUT2D eigenvalue weighted by molar-refractivity contribution is 0.140. The normalized spacial score (nSPS) is 22.5.